The molecule has 0 saturated heterocycles. The van der Waals surface area contributed by atoms with Crippen molar-refractivity contribution in [3.05, 3.63) is 0 Å². The summed E-state index contributed by atoms with van der Waals surface area (Å²) in [5.74, 6) is 0. The van der Waals surface area contributed by atoms with E-state index >= 15 is 0 Å². The van der Waals surface area contributed by atoms with Crippen molar-refractivity contribution in [3.8, 4) is 0 Å². The van der Waals surface area contributed by atoms with Crippen molar-refractivity contribution >= 4 is 0 Å². The molecule has 1 aliphatic rings. The van der Waals surface area contributed by atoms with Crippen LogP contribution in [0.2, 0.25) is 0 Å². The molecule has 0 bridgehead atoms. The summed E-state index contributed by atoms with van der Waals surface area (Å²) in [6, 6.07) is 0.587. The molecule has 0 aromatic carbocycles. The number of hydrogen-bond acceptors (Lipinski definition) is 2. The first kappa shape index (κ1) is 16.0. The molecular formula is C16H33NO. The number of nitrogens with one attached hydrogen (secondary N) is 1. The highest BCUT2D eigenvalue weighted by molar-refractivity contribution is 4.91. The van der Waals surface area contributed by atoms with Crippen LogP contribution >= 0.6 is 0 Å². The van der Waals surface area contributed by atoms with Gasteiger partial charge in [0.25, 0.3) is 0 Å². The molecule has 0 radical (unpaired) electrons. The van der Waals surface area contributed by atoms with E-state index in [-0.39, 0.29) is 0 Å². The average Bonchev–Trinajstić information content (AvgIpc) is 2.34. The second-order valence-corrected chi connectivity index (χ2v) is 7.02. The Hall–Kier alpha value is -0.0800. The Kier molecular flexibility index (Phi) is 6.13. The molecule has 1 unspecified atom stereocenters. The van der Waals surface area contributed by atoms with Gasteiger partial charge in [-0.15, -0.1) is 0 Å². The van der Waals surface area contributed by atoms with Crippen LogP contribution in [0.4, 0.5) is 0 Å². The first-order valence-electron chi connectivity index (χ1n) is 7.86. The summed E-state index contributed by atoms with van der Waals surface area (Å²) in [6.07, 6.45) is 9.17. The summed E-state index contributed by atoms with van der Waals surface area (Å²) in [7, 11) is 0. The van der Waals surface area contributed by atoms with E-state index in [9.17, 15) is 5.11 Å². The fourth-order valence-corrected chi connectivity index (χ4v) is 2.80. The maximum Gasteiger partial charge on any atom is 0.0772 e. The minimum atomic E-state index is -0.449. The molecule has 1 atom stereocenters. The highest BCUT2D eigenvalue weighted by Crippen LogP contribution is 2.39. The lowest BCUT2D eigenvalue weighted by Crippen LogP contribution is -2.47. The molecule has 2 nitrogen and oxygen atoms in total. The predicted octanol–water partition coefficient (Wildman–Crippen LogP) is 3.88. The standard InChI is InChI=1S/C16H33NO/c1-5-7-8-14(6-2)17-13-16(18)11-9-15(3,4)10-12-16/h14,17-18H,5-13H2,1-4H3. The van der Waals surface area contributed by atoms with Crippen LogP contribution in [0.1, 0.15) is 79.1 Å². The fraction of sp³-hybridized carbons (Fsp3) is 1.00. The Morgan fingerprint density at radius 1 is 1.11 bits per heavy atom. The molecule has 1 rings (SSSR count). The van der Waals surface area contributed by atoms with Crippen LogP contribution in [0.15, 0.2) is 0 Å². The van der Waals surface area contributed by atoms with Gasteiger partial charge in [0, 0.05) is 12.6 Å². The zero-order valence-electron chi connectivity index (χ0n) is 12.9. The van der Waals surface area contributed by atoms with Crippen LogP contribution < -0.4 is 5.32 Å². The number of unbranched alkanes of at least 4 members (excludes halogenated alkanes) is 1. The van der Waals surface area contributed by atoms with Gasteiger partial charge in [-0.05, 0) is 43.9 Å². The van der Waals surface area contributed by atoms with Gasteiger partial charge < -0.3 is 10.4 Å². The molecule has 1 saturated carbocycles. The monoisotopic (exact) mass is 255 g/mol. The average molecular weight is 255 g/mol. The quantitative estimate of drug-likeness (QED) is 0.723. The minimum Gasteiger partial charge on any atom is -0.389 e. The summed E-state index contributed by atoms with van der Waals surface area (Å²) >= 11 is 0. The van der Waals surface area contributed by atoms with Crippen molar-refractivity contribution in [2.24, 2.45) is 5.41 Å². The largest absolute Gasteiger partial charge is 0.389 e. The molecule has 0 spiro atoms. The third-order valence-corrected chi connectivity index (χ3v) is 4.65. The topological polar surface area (TPSA) is 32.3 Å². The van der Waals surface area contributed by atoms with E-state index < -0.39 is 5.60 Å². The third kappa shape index (κ3) is 5.27. The van der Waals surface area contributed by atoms with E-state index in [0.717, 1.165) is 32.2 Å². The van der Waals surface area contributed by atoms with E-state index in [0.29, 0.717) is 11.5 Å². The Labute approximate surface area is 114 Å². The van der Waals surface area contributed by atoms with Crippen molar-refractivity contribution in [1.29, 1.82) is 0 Å². The first-order valence-corrected chi connectivity index (χ1v) is 7.86. The van der Waals surface area contributed by atoms with E-state index in [1.54, 1.807) is 0 Å². The van der Waals surface area contributed by atoms with Gasteiger partial charge in [0.1, 0.15) is 0 Å². The fourth-order valence-electron chi connectivity index (χ4n) is 2.80. The van der Waals surface area contributed by atoms with Crippen LogP contribution in [0.5, 0.6) is 0 Å². The highest BCUT2D eigenvalue weighted by Gasteiger charge is 2.36. The van der Waals surface area contributed by atoms with Gasteiger partial charge in [-0.1, -0.05) is 40.5 Å². The van der Waals surface area contributed by atoms with E-state index in [4.69, 9.17) is 0 Å². The molecule has 0 heterocycles. The van der Waals surface area contributed by atoms with Crippen molar-refractivity contribution in [2.75, 3.05) is 6.54 Å². The van der Waals surface area contributed by atoms with Gasteiger partial charge in [-0.25, -0.2) is 0 Å². The van der Waals surface area contributed by atoms with Gasteiger partial charge in [0.05, 0.1) is 5.60 Å². The summed E-state index contributed by atoms with van der Waals surface area (Å²) in [5, 5.41) is 14.2. The van der Waals surface area contributed by atoms with Gasteiger partial charge >= 0.3 is 0 Å². The van der Waals surface area contributed by atoms with Gasteiger partial charge in [-0.2, -0.15) is 0 Å². The predicted molar refractivity (Wildman–Crippen MR) is 78.8 cm³/mol. The lowest BCUT2D eigenvalue weighted by molar-refractivity contribution is -0.0263. The molecule has 108 valence electrons. The van der Waals surface area contributed by atoms with Crippen LogP contribution in [0.3, 0.4) is 0 Å². The number of rotatable bonds is 7. The summed E-state index contributed by atoms with van der Waals surface area (Å²) in [5.41, 5.74) is -0.0201. The van der Waals surface area contributed by atoms with Gasteiger partial charge in [-0.3, -0.25) is 0 Å². The molecule has 2 N–H and O–H groups in total. The zero-order chi connectivity index (χ0) is 13.6. The van der Waals surface area contributed by atoms with Gasteiger partial charge in [0.15, 0.2) is 0 Å². The minimum absolute atomic E-state index is 0.429. The van der Waals surface area contributed by atoms with Crippen molar-refractivity contribution in [1.82, 2.24) is 5.32 Å². The second-order valence-electron chi connectivity index (χ2n) is 7.02. The SMILES string of the molecule is CCCCC(CC)NCC1(O)CCC(C)(C)CC1. The maximum absolute atomic E-state index is 10.6. The van der Waals surface area contributed by atoms with Crippen LogP contribution in [-0.4, -0.2) is 23.3 Å². The molecule has 0 aliphatic heterocycles. The van der Waals surface area contributed by atoms with Crippen LogP contribution in [0.25, 0.3) is 0 Å². The molecule has 1 aliphatic carbocycles. The van der Waals surface area contributed by atoms with Crippen molar-refractivity contribution in [2.45, 2.75) is 90.7 Å². The summed E-state index contributed by atoms with van der Waals surface area (Å²) in [6.45, 7) is 9.89. The van der Waals surface area contributed by atoms with E-state index in [1.807, 2.05) is 0 Å². The molecular weight excluding hydrogens is 222 g/mol. The number of hydrogen-bond donors (Lipinski definition) is 2. The smallest absolute Gasteiger partial charge is 0.0772 e. The Bertz CT molecular complexity index is 227. The zero-order valence-corrected chi connectivity index (χ0v) is 12.9. The molecule has 0 aromatic rings. The Balaban J connectivity index is 2.33. The normalized spacial score (nSPS) is 23.8. The van der Waals surface area contributed by atoms with Crippen molar-refractivity contribution < 1.29 is 5.11 Å². The molecule has 0 amide bonds. The van der Waals surface area contributed by atoms with Gasteiger partial charge in [0.2, 0.25) is 0 Å². The lowest BCUT2D eigenvalue weighted by Gasteiger charge is -2.41. The molecule has 2 heteroatoms. The maximum atomic E-state index is 10.6. The number of aliphatic hydroxyl groups is 1. The molecule has 0 aromatic heterocycles. The summed E-state index contributed by atoms with van der Waals surface area (Å²) in [4.78, 5) is 0. The van der Waals surface area contributed by atoms with E-state index in [2.05, 4.69) is 33.0 Å². The third-order valence-electron chi connectivity index (χ3n) is 4.65. The second kappa shape index (κ2) is 6.91. The Morgan fingerprint density at radius 2 is 1.72 bits per heavy atom. The molecule has 18 heavy (non-hydrogen) atoms. The van der Waals surface area contributed by atoms with Crippen molar-refractivity contribution in [3.63, 3.8) is 0 Å². The highest BCUT2D eigenvalue weighted by atomic mass is 16.3. The van der Waals surface area contributed by atoms with E-state index in [1.165, 1.54) is 25.7 Å². The molecule has 1 fully saturated rings. The Morgan fingerprint density at radius 3 is 2.22 bits per heavy atom. The summed E-state index contributed by atoms with van der Waals surface area (Å²) < 4.78 is 0. The van der Waals surface area contributed by atoms with Crippen LogP contribution in [-0.2, 0) is 0 Å². The lowest BCUT2D eigenvalue weighted by atomic mass is 9.71. The van der Waals surface area contributed by atoms with Crippen LogP contribution in [0, 0.1) is 5.41 Å². The first-order chi connectivity index (χ1) is 8.41.